The molecule has 7 nitrogen and oxygen atoms in total. The minimum absolute atomic E-state index is 0.137. The van der Waals surface area contributed by atoms with Crippen molar-refractivity contribution in [1.82, 2.24) is 19.4 Å². The van der Waals surface area contributed by atoms with Crippen molar-refractivity contribution in [1.29, 1.82) is 0 Å². The molecule has 1 saturated carbocycles. The molecule has 0 N–H and O–H groups in total. The van der Waals surface area contributed by atoms with E-state index in [2.05, 4.69) is 58.7 Å². The van der Waals surface area contributed by atoms with Gasteiger partial charge in [0, 0.05) is 70.1 Å². The normalized spacial score (nSPS) is 18.7. The zero-order valence-electron chi connectivity index (χ0n) is 20.2. The van der Waals surface area contributed by atoms with Crippen molar-refractivity contribution >= 4 is 28.6 Å². The molecule has 3 aliphatic rings. The number of benzene rings is 1. The predicted octanol–water partition coefficient (Wildman–Crippen LogP) is 3.70. The molecule has 35 heavy (non-hydrogen) atoms. The number of carbonyl (C=O) groups is 2. The number of anilines is 1. The van der Waals surface area contributed by atoms with Crippen LogP contribution in [0.25, 0.3) is 22.2 Å². The second kappa shape index (κ2) is 8.87. The highest BCUT2D eigenvalue weighted by molar-refractivity contribution is 5.83. The first-order chi connectivity index (χ1) is 17.1. The van der Waals surface area contributed by atoms with Crippen molar-refractivity contribution in [2.45, 2.75) is 26.2 Å². The van der Waals surface area contributed by atoms with E-state index in [1.807, 2.05) is 20.5 Å². The number of hydrogen-bond donors (Lipinski definition) is 0. The number of fused-ring (bicyclic) bond motifs is 1. The maximum Gasteiger partial charge on any atom is 0.225 e. The molecule has 0 radical (unpaired) electrons. The molecule has 1 saturated heterocycles. The Labute approximate surface area is 205 Å². The van der Waals surface area contributed by atoms with E-state index in [-0.39, 0.29) is 5.91 Å². The third-order valence-electron chi connectivity index (χ3n) is 7.59. The quantitative estimate of drug-likeness (QED) is 0.585. The van der Waals surface area contributed by atoms with E-state index < -0.39 is 0 Å². The molecule has 1 aromatic carbocycles. The van der Waals surface area contributed by atoms with Gasteiger partial charge in [-0.25, -0.2) is 4.52 Å². The van der Waals surface area contributed by atoms with Gasteiger partial charge in [0.1, 0.15) is 0 Å². The van der Waals surface area contributed by atoms with Gasteiger partial charge in [-0.3, -0.25) is 9.59 Å². The molecule has 0 atom stereocenters. The van der Waals surface area contributed by atoms with E-state index in [0.29, 0.717) is 18.4 Å². The molecule has 2 aliphatic heterocycles. The lowest BCUT2D eigenvalue weighted by Gasteiger charge is -2.36. The first-order valence-electron chi connectivity index (χ1n) is 12.6. The molecule has 1 aliphatic carbocycles. The van der Waals surface area contributed by atoms with Crippen molar-refractivity contribution in [2.75, 3.05) is 44.2 Å². The average Bonchev–Trinajstić information content (AvgIpc) is 3.66. The van der Waals surface area contributed by atoms with Crippen molar-refractivity contribution < 1.29 is 9.59 Å². The van der Waals surface area contributed by atoms with Gasteiger partial charge >= 0.3 is 0 Å². The molecule has 2 fully saturated rings. The molecule has 0 spiro atoms. The highest BCUT2D eigenvalue weighted by Gasteiger charge is 2.34. The summed E-state index contributed by atoms with van der Waals surface area (Å²) < 4.78 is 1.96. The van der Waals surface area contributed by atoms with Crippen LogP contribution in [0.4, 0.5) is 5.69 Å². The lowest BCUT2D eigenvalue weighted by atomic mass is 9.97. The van der Waals surface area contributed by atoms with E-state index in [1.165, 1.54) is 16.8 Å². The van der Waals surface area contributed by atoms with E-state index in [4.69, 9.17) is 0 Å². The molecule has 0 bridgehead atoms. The maximum atomic E-state index is 12.4. The number of aromatic nitrogens is 2. The summed E-state index contributed by atoms with van der Waals surface area (Å²) in [6, 6.07) is 13.0. The van der Waals surface area contributed by atoms with Gasteiger partial charge in [-0.2, -0.15) is 5.10 Å². The van der Waals surface area contributed by atoms with Gasteiger partial charge in [-0.05, 0) is 48.1 Å². The second-order valence-corrected chi connectivity index (χ2v) is 9.88. The van der Waals surface area contributed by atoms with Crippen LogP contribution >= 0.6 is 0 Å². The van der Waals surface area contributed by atoms with Crippen LogP contribution in [-0.4, -0.2) is 70.5 Å². The van der Waals surface area contributed by atoms with Crippen molar-refractivity contribution in [3.05, 3.63) is 60.4 Å². The fourth-order valence-corrected chi connectivity index (χ4v) is 5.28. The van der Waals surface area contributed by atoms with Gasteiger partial charge in [0.05, 0.1) is 11.2 Å². The number of hydrogen-bond acceptors (Lipinski definition) is 4. The summed E-state index contributed by atoms with van der Waals surface area (Å²) in [7, 11) is 0. The summed E-state index contributed by atoms with van der Waals surface area (Å²) in [5.41, 5.74) is 7.08. The van der Waals surface area contributed by atoms with Gasteiger partial charge in [0.15, 0.2) is 0 Å². The van der Waals surface area contributed by atoms with E-state index in [9.17, 15) is 9.59 Å². The first kappa shape index (κ1) is 21.9. The van der Waals surface area contributed by atoms with Crippen LogP contribution in [-0.2, 0) is 9.59 Å². The summed E-state index contributed by atoms with van der Waals surface area (Å²) in [5, 5.41) is 4.55. The third-order valence-corrected chi connectivity index (χ3v) is 7.59. The Morgan fingerprint density at radius 1 is 0.886 bits per heavy atom. The Morgan fingerprint density at radius 3 is 2.29 bits per heavy atom. The molecule has 0 unspecified atom stereocenters. The van der Waals surface area contributed by atoms with Gasteiger partial charge < -0.3 is 14.7 Å². The SMILES string of the molecule is CC(=O)N1CC=C(c2ccc(-c3cc4c(N5CCN(C(=O)C6CC6)CC5)ccnn4c3)cc2)CC1. The highest BCUT2D eigenvalue weighted by Crippen LogP contribution is 2.33. The van der Waals surface area contributed by atoms with Crippen LogP contribution in [0, 0.1) is 5.92 Å². The molecule has 3 aromatic rings. The molecule has 4 heterocycles. The van der Waals surface area contributed by atoms with Gasteiger partial charge in [0.2, 0.25) is 11.8 Å². The Hall–Kier alpha value is -3.61. The number of nitrogens with zero attached hydrogens (tertiary/aromatic N) is 5. The van der Waals surface area contributed by atoms with Gasteiger partial charge in [-0.1, -0.05) is 30.3 Å². The molecular formula is C28H31N5O2. The summed E-state index contributed by atoms with van der Waals surface area (Å²) >= 11 is 0. The summed E-state index contributed by atoms with van der Waals surface area (Å²) in [5.74, 6) is 0.773. The van der Waals surface area contributed by atoms with Crippen molar-refractivity contribution in [3.63, 3.8) is 0 Å². The standard InChI is InChI=1S/C28H31N5O2/c1-20(34)30-12-9-23(10-13-30)21-2-4-22(5-3-21)25-18-27-26(8-11-29-33(27)19-25)31-14-16-32(17-15-31)28(35)24-6-7-24/h2-5,8-9,11,18-19,24H,6-7,10,12-17H2,1H3. The molecule has 7 heteroatoms. The lowest BCUT2D eigenvalue weighted by Crippen LogP contribution is -2.49. The van der Waals surface area contributed by atoms with Gasteiger partial charge in [-0.15, -0.1) is 0 Å². The van der Waals surface area contributed by atoms with Crippen LogP contribution in [0.3, 0.4) is 0 Å². The third kappa shape index (κ3) is 4.31. The highest BCUT2D eigenvalue weighted by atomic mass is 16.2. The molecular weight excluding hydrogens is 438 g/mol. The molecule has 180 valence electrons. The Balaban J connectivity index is 1.19. The Morgan fingerprint density at radius 2 is 1.63 bits per heavy atom. The van der Waals surface area contributed by atoms with Crippen molar-refractivity contribution in [3.8, 4) is 11.1 Å². The smallest absolute Gasteiger partial charge is 0.225 e. The van der Waals surface area contributed by atoms with Crippen LogP contribution in [0.5, 0.6) is 0 Å². The van der Waals surface area contributed by atoms with Crippen LogP contribution in [0.15, 0.2) is 54.9 Å². The minimum Gasteiger partial charge on any atom is -0.366 e. The summed E-state index contributed by atoms with van der Waals surface area (Å²) in [6.45, 7) is 6.39. The monoisotopic (exact) mass is 469 g/mol. The molecule has 2 aromatic heterocycles. The molecule has 2 amide bonds. The predicted molar refractivity (Wildman–Crippen MR) is 137 cm³/mol. The van der Waals surface area contributed by atoms with Crippen LogP contribution in [0.1, 0.15) is 31.7 Å². The zero-order chi connectivity index (χ0) is 23.9. The fourth-order valence-electron chi connectivity index (χ4n) is 5.28. The number of amides is 2. The Kier molecular flexibility index (Phi) is 5.55. The largest absolute Gasteiger partial charge is 0.366 e. The second-order valence-electron chi connectivity index (χ2n) is 9.88. The van der Waals surface area contributed by atoms with E-state index in [0.717, 1.165) is 68.6 Å². The number of carbonyl (C=O) groups excluding carboxylic acids is 2. The first-order valence-corrected chi connectivity index (χ1v) is 12.6. The van der Waals surface area contributed by atoms with E-state index >= 15 is 0 Å². The zero-order valence-corrected chi connectivity index (χ0v) is 20.2. The summed E-state index contributed by atoms with van der Waals surface area (Å²) in [6.07, 6.45) is 9.13. The van der Waals surface area contributed by atoms with Crippen LogP contribution in [0.2, 0.25) is 0 Å². The maximum absolute atomic E-state index is 12.4. The lowest BCUT2D eigenvalue weighted by molar-refractivity contribution is -0.132. The number of rotatable bonds is 4. The van der Waals surface area contributed by atoms with Crippen LogP contribution < -0.4 is 4.90 Å². The minimum atomic E-state index is 0.137. The molecule has 6 rings (SSSR count). The van der Waals surface area contributed by atoms with Crippen molar-refractivity contribution in [2.24, 2.45) is 5.92 Å². The van der Waals surface area contributed by atoms with Gasteiger partial charge in [0.25, 0.3) is 0 Å². The fraction of sp³-hybridized carbons (Fsp3) is 0.393. The average molecular weight is 470 g/mol. The van der Waals surface area contributed by atoms with E-state index in [1.54, 1.807) is 6.92 Å². The Bertz CT molecular complexity index is 1300. The topological polar surface area (TPSA) is 61.2 Å². The summed E-state index contributed by atoms with van der Waals surface area (Å²) in [4.78, 5) is 30.3. The number of piperazine rings is 1.